The molecule has 1 fully saturated rings. The van der Waals surface area contributed by atoms with Gasteiger partial charge in [-0.1, -0.05) is 13.8 Å². The highest BCUT2D eigenvalue weighted by atomic mass is 79.9. The zero-order chi connectivity index (χ0) is 12.4. The quantitative estimate of drug-likeness (QED) is 0.922. The van der Waals surface area contributed by atoms with E-state index in [1.807, 2.05) is 11.3 Å². The Labute approximate surface area is 116 Å². The molecule has 1 aliphatic rings. The maximum Gasteiger partial charge on any atom is 0.0605 e. The molecule has 0 spiro atoms. The Hall–Kier alpha value is 0.100. The molecule has 1 aromatic rings. The fraction of sp³-hybridized carbons (Fsp3) is 0.692. The minimum absolute atomic E-state index is 0.275. The third-order valence-corrected chi connectivity index (χ3v) is 5.24. The summed E-state index contributed by atoms with van der Waals surface area (Å²) in [6.45, 7) is 6.88. The zero-order valence-corrected chi connectivity index (χ0v) is 12.9. The molecule has 0 amide bonds. The van der Waals surface area contributed by atoms with Gasteiger partial charge in [0, 0.05) is 21.9 Å². The summed E-state index contributed by atoms with van der Waals surface area (Å²) in [6.07, 6.45) is 2.37. The number of likely N-dealkylation sites (tertiary alicyclic amines) is 1. The minimum Gasteiger partial charge on any atom is -0.326 e. The third-order valence-electron chi connectivity index (χ3n) is 3.29. The fourth-order valence-electron chi connectivity index (χ4n) is 2.65. The zero-order valence-electron chi connectivity index (χ0n) is 10.5. The van der Waals surface area contributed by atoms with E-state index in [9.17, 15) is 0 Å². The molecule has 17 heavy (non-hydrogen) atoms. The van der Waals surface area contributed by atoms with Crippen LogP contribution in [-0.2, 0) is 0 Å². The van der Waals surface area contributed by atoms with Gasteiger partial charge in [0.1, 0.15) is 0 Å². The molecular weight excluding hydrogens is 296 g/mol. The lowest BCUT2D eigenvalue weighted by atomic mass is 9.94. The van der Waals surface area contributed by atoms with Crippen LogP contribution in [0.4, 0.5) is 0 Å². The van der Waals surface area contributed by atoms with Gasteiger partial charge in [0.15, 0.2) is 0 Å². The Kier molecular flexibility index (Phi) is 4.64. The number of rotatable bonds is 3. The number of halogens is 1. The van der Waals surface area contributed by atoms with Crippen LogP contribution in [0, 0.1) is 5.92 Å². The first-order valence-electron chi connectivity index (χ1n) is 6.32. The first-order valence-corrected chi connectivity index (χ1v) is 7.99. The summed E-state index contributed by atoms with van der Waals surface area (Å²) >= 11 is 5.47. The number of hydrogen-bond donors (Lipinski definition) is 1. The van der Waals surface area contributed by atoms with Crippen LogP contribution in [0.2, 0.25) is 0 Å². The first kappa shape index (κ1) is 13.5. The largest absolute Gasteiger partial charge is 0.326 e. The van der Waals surface area contributed by atoms with Crippen LogP contribution in [0.5, 0.6) is 0 Å². The molecule has 0 saturated carbocycles. The third kappa shape index (κ3) is 3.11. The van der Waals surface area contributed by atoms with E-state index in [0.717, 1.165) is 13.0 Å². The van der Waals surface area contributed by atoms with Crippen LogP contribution < -0.4 is 5.73 Å². The maximum atomic E-state index is 6.35. The molecule has 2 nitrogen and oxygen atoms in total. The number of thiophene rings is 1. The van der Waals surface area contributed by atoms with Gasteiger partial charge in [-0.05, 0) is 52.7 Å². The van der Waals surface area contributed by atoms with Crippen molar-refractivity contribution in [2.75, 3.05) is 13.1 Å². The Balaban J connectivity index is 2.22. The molecule has 2 rings (SSSR count). The van der Waals surface area contributed by atoms with Crippen LogP contribution in [0.15, 0.2) is 15.9 Å². The van der Waals surface area contributed by atoms with Crippen molar-refractivity contribution in [2.24, 2.45) is 11.7 Å². The van der Waals surface area contributed by atoms with Gasteiger partial charge >= 0.3 is 0 Å². The van der Waals surface area contributed by atoms with Gasteiger partial charge in [0.05, 0.1) is 6.04 Å². The van der Waals surface area contributed by atoms with Crippen molar-refractivity contribution in [3.63, 3.8) is 0 Å². The van der Waals surface area contributed by atoms with E-state index < -0.39 is 0 Å². The summed E-state index contributed by atoms with van der Waals surface area (Å²) in [6, 6.07) is 2.81. The Bertz CT molecular complexity index is 364. The lowest BCUT2D eigenvalue weighted by molar-refractivity contribution is 0.116. The van der Waals surface area contributed by atoms with Gasteiger partial charge in [-0.15, -0.1) is 11.3 Å². The second kappa shape index (κ2) is 5.83. The van der Waals surface area contributed by atoms with E-state index >= 15 is 0 Å². The van der Waals surface area contributed by atoms with Crippen LogP contribution in [-0.4, -0.2) is 24.0 Å². The van der Waals surface area contributed by atoms with Crippen LogP contribution >= 0.6 is 27.3 Å². The molecule has 1 saturated heterocycles. The number of nitrogens with zero attached hydrogens (tertiary/aromatic N) is 1. The van der Waals surface area contributed by atoms with Crippen molar-refractivity contribution < 1.29 is 0 Å². The smallest absolute Gasteiger partial charge is 0.0605 e. The predicted octanol–water partition coefficient (Wildman–Crippen LogP) is 3.63. The first-order chi connectivity index (χ1) is 8.09. The van der Waals surface area contributed by atoms with Crippen molar-refractivity contribution in [1.29, 1.82) is 0 Å². The molecule has 2 atom stereocenters. The summed E-state index contributed by atoms with van der Waals surface area (Å²) < 4.78 is 1.22. The molecule has 2 heterocycles. The molecule has 4 heteroatoms. The molecule has 1 aromatic heterocycles. The molecule has 2 unspecified atom stereocenters. The van der Waals surface area contributed by atoms with Crippen molar-refractivity contribution in [2.45, 2.75) is 38.8 Å². The Morgan fingerprint density at radius 3 is 2.94 bits per heavy atom. The van der Waals surface area contributed by atoms with E-state index in [4.69, 9.17) is 5.73 Å². The standard InChI is InChI=1S/C13H21BrN2S/c1-9(2)8-16-6-3-4-11(15)12(16)13-10(14)5-7-17-13/h5,7,9,11-12H,3-4,6,8,15H2,1-2H3. The highest BCUT2D eigenvalue weighted by Crippen LogP contribution is 2.38. The summed E-state index contributed by atoms with van der Waals surface area (Å²) in [5.74, 6) is 0.696. The number of hydrogen-bond acceptors (Lipinski definition) is 3. The van der Waals surface area contributed by atoms with E-state index in [2.05, 4.69) is 46.1 Å². The van der Waals surface area contributed by atoms with Crippen molar-refractivity contribution in [1.82, 2.24) is 4.90 Å². The summed E-state index contributed by atoms with van der Waals surface area (Å²) in [5, 5.41) is 2.15. The van der Waals surface area contributed by atoms with Gasteiger partial charge in [-0.25, -0.2) is 0 Å². The molecular formula is C13H21BrN2S. The SMILES string of the molecule is CC(C)CN1CCCC(N)C1c1sccc1Br. The van der Waals surface area contributed by atoms with Crippen LogP contribution in [0.25, 0.3) is 0 Å². The minimum atomic E-state index is 0.275. The second-order valence-electron chi connectivity index (χ2n) is 5.27. The van der Waals surface area contributed by atoms with E-state index in [1.165, 1.54) is 22.3 Å². The van der Waals surface area contributed by atoms with Gasteiger partial charge < -0.3 is 5.73 Å². The Morgan fingerprint density at radius 2 is 2.35 bits per heavy atom. The molecule has 0 aromatic carbocycles. The molecule has 0 radical (unpaired) electrons. The lowest BCUT2D eigenvalue weighted by Crippen LogP contribution is -2.46. The van der Waals surface area contributed by atoms with E-state index in [-0.39, 0.29) is 6.04 Å². The van der Waals surface area contributed by atoms with Gasteiger partial charge in [-0.3, -0.25) is 4.90 Å². The normalized spacial score (nSPS) is 26.6. The fourth-order valence-corrected chi connectivity index (χ4v) is 4.47. The summed E-state index contributed by atoms with van der Waals surface area (Å²) in [7, 11) is 0. The van der Waals surface area contributed by atoms with E-state index in [0.29, 0.717) is 12.0 Å². The second-order valence-corrected chi connectivity index (χ2v) is 7.07. The number of nitrogens with two attached hydrogens (primary N) is 1. The molecule has 96 valence electrons. The highest BCUT2D eigenvalue weighted by molar-refractivity contribution is 9.10. The van der Waals surface area contributed by atoms with Gasteiger partial charge in [-0.2, -0.15) is 0 Å². The monoisotopic (exact) mass is 316 g/mol. The predicted molar refractivity (Wildman–Crippen MR) is 78.4 cm³/mol. The van der Waals surface area contributed by atoms with Gasteiger partial charge in [0.2, 0.25) is 0 Å². The van der Waals surface area contributed by atoms with Crippen LogP contribution in [0.3, 0.4) is 0 Å². The van der Waals surface area contributed by atoms with E-state index in [1.54, 1.807) is 0 Å². The van der Waals surface area contributed by atoms with Crippen molar-refractivity contribution in [3.8, 4) is 0 Å². The van der Waals surface area contributed by atoms with Crippen molar-refractivity contribution in [3.05, 3.63) is 20.8 Å². The maximum absolute atomic E-state index is 6.35. The summed E-state index contributed by atoms with van der Waals surface area (Å²) in [4.78, 5) is 3.97. The van der Waals surface area contributed by atoms with Crippen LogP contribution in [0.1, 0.15) is 37.6 Å². The highest BCUT2D eigenvalue weighted by Gasteiger charge is 2.32. The average molecular weight is 317 g/mol. The summed E-state index contributed by atoms with van der Waals surface area (Å²) in [5.41, 5.74) is 6.35. The molecule has 0 aliphatic carbocycles. The molecule has 0 bridgehead atoms. The van der Waals surface area contributed by atoms with Gasteiger partial charge in [0.25, 0.3) is 0 Å². The molecule has 1 aliphatic heterocycles. The average Bonchev–Trinajstić information content (AvgIpc) is 2.64. The number of piperidine rings is 1. The molecule has 2 N–H and O–H groups in total. The Morgan fingerprint density at radius 1 is 1.59 bits per heavy atom. The van der Waals surface area contributed by atoms with Crippen molar-refractivity contribution >= 4 is 27.3 Å². The lowest BCUT2D eigenvalue weighted by Gasteiger charge is -2.40. The topological polar surface area (TPSA) is 29.3 Å².